The van der Waals surface area contributed by atoms with Crippen molar-refractivity contribution in [2.24, 2.45) is 0 Å². The third-order valence-electron chi connectivity index (χ3n) is 4.37. The molecule has 1 heterocycles. The summed E-state index contributed by atoms with van der Waals surface area (Å²) in [5, 5.41) is 9.65. The number of carboxylic acid groups (broad SMARTS) is 1. The van der Waals surface area contributed by atoms with Crippen LogP contribution in [0.4, 0.5) is 0 Å². The third kappa shape index (κ3) is 2.33. The Kier molecular flexibility index (Phi) is 4.05. The van der Waals surface area contributed by atoms with Crippen molar-refractivity contribution >= 4 is 5.97 Å². The lowest BCUT2D eigenvalue weighted by Crippen LogP contribution is -2.60. The Morgan fingerprint density at radius 1 is 1.35 bits per heavy atom. The van der Waals surface area contributed by atoms with Gasteiger partial charge in [-0.3, -0.25) is 9.69 Å². The van der Waals surface area contributed by atoms with Gasteiger partial charge in [0, 0.05) is 19.3 Å². The number of rotatable bonds is 4. The number of hydrogen-bond acceptors (Lipinski definition) is 3. The number of hydrogen-bond donors (Lipinski definition) is 1. The number of carboxylic acids is 1. The average Bonchev–Trinajstić information content (AvgIpc) is 2.84. The van der Waals surface area contributed by atoms with Gasteiger partial charge < -0.3 is 9.84 Å². The fourth-order valence-corrected chi connectivity index (χ4v) is 3.46. The van der Waals surface area contributed by atoms with Crippen molar-refractivity contribution in [3.8, 4) is 0 Å². The Bertz CT molecular complexity index is 268. The highest BCUT2D eigenvalue weighted by atomic mass is 16.5. The fraction of sp³-hybridized carbons (Fsp3) is 0.923. The minimum atomic E-state index is -0.665. The molecule has 2 rings (SSSR count). The minimum Gasteiger partial charge on any atom is -0.480 e. The maximum Gasteiger partial charge on any atom is 0.324 e. The van der Waals surface area contributed by atoms with E-state index in [-0.39, 0.29) is 0 Å². The van der Waals surface area contributed by atoms with Crippen LogP contribution in [0, 0.1) is 0 Å². The lowest BCUT2D eigenvalue weighted by Gasteiger charge is -2.45. The van der Waals surface area contributed by atoms with Crippen LogP contribution >= 0.6 is 0 Å². The van der Waals surface area contributed by atoms with Crippen LogP contribution in [0.15, 0.2) is 0 Å². The summed E-state index contributed by atoms with van der Waals surface area (Å²) in [5.74, 6) is -0.658. The standard InChI is InChI=1S/C13H23NO3/c1-2-14(11-5-3-4-6-11)13(12(15)16)7-9-17-10-8-13/h11H,2-10H2,1H3,(H,15,16). The maximum atomic E-state index is 11.7. The summed E-state index contributed by atoms with van der Waals surface area (Å²) in [6, 6.07) is 0.467. The lowest BCUT2D eigenvalue weighted by molar-refractivity contribution is -0.161. The predicted octanol–water partition coefficient (Wildman–Crippen LogP) is 1.88. The van der Waals surface area contributed by atoms with Gasteiger partial charge in [0.2, 0.25) is 0 Å². The van der Waals surface area contributed by atoms with Gasteiger partial charge in [-0.15, -0.1) is 0 Å². The zero-order valence-corrected chi connectivity index (χ0v) is 10.7. The van der Waals surface area contributed by atoms with Crippen LogP contribution in [-0.2, 0) is 9.53 Å². The summed E-state index contributed by atoms with van der Waals surface area (Å²) >= 11 is 0. The van der Waals surface area contributed by atoms with Gasteiger partial charge in [0.05, 0.1) is 0 Å². The van der Waals surface area contributed by atoms with Crippen molar-refractivity contribution in [3.05, 3.63) is 0 Å². The molecule has 0 atom stereocenters. The Morgan fingerprint density at radius 2 is 1.94 bits per heavy atom. The molecule has 2 fully saturated rings. The molecule has 1 N–H and O–H groups in total. The minimum absolute atomic E-state index is 0.467. The molecule has 4 nitrogen and oxygen atoms in total. The van der Waals surface area contributed by atoms with Crippen LogP contribution in [0.25, 0.3) is 0 Å². The monoisotopic (exact) mass is 241 g/mol. The first-order valence-electron chi connectivity index (χ1n) is 6.78. The van der Waals surface area contributed by atoms with Crippen molar-refractivity contribution in [1.82, 2.24) is 4.90 Å². The molecule has 0 spiro atoms. The molecule has 1 aliphatic carbocycles. The summed E-state index contributed by atoms with van der Waals surface area (Å²) in [7, 11) is 0. The smallest absolute Gasteiger partial charge is 0.324 e. The molecule has 0 aromatic carbocycles. The van der Waals surface area contributed by atoms with Gasteiger partial charge in [-0.05, 0) is 32.2 Å². The highest BCUT2D eigenvalue weighted by Crippen LogP contribution is 2.35. The van der Waals surface area contributed by atoms with Crippen LogP contribution in [0.3, 0.4) is 0 Å². The summed E-state index contributed by atoms with van der Waals surface area (Å²) in [6.45, 7) is 4.07. The second kappa shape index (κ2) is 5.36. The molecule has 1 aliphatic heterocycles. The molecule has 98 valence electrons. The van der Waals surface area contributed by atoms with E-state index in [4.69, 9.17) is 4.74 Å². The first-order valence-corrected chi connectivity index (χ1v) is 6.78. The van der Waals surface area contributed by atoms with Crippen molar-refractivity contribution < 1.29 is 14.6 Å². The number of likely N-dealkylation sites (N-methyl/N-ethyl adjacent to an activating group) is 1. The second-order valence-electron chi connectivity index (χ2n) is 5.17. The number of nitrogens with zero attached hydrogens (tertiary/aromatic N) is 1. The van der Waals surface area contributed by atoms with E-state index >= 15 is 0 Å². The second-order valence-corrected chi connectivity index (χ2v) is 5.17. The first kappa shape index (κ1) is 12.8. The summed E-state index contributed by atoms with van der Waals surface area (Å²) in [5.41, 5.74) is -0.665. The molecule has 0 bridgehead atoms. The van der Waals surface area contributed by atoms with Gasteiger partial charge in [-0.2, -0.15) is 0 Å². The van der Waals surface area contributed by atoms with Gasteiger partial charge in [-0.25, -0.2) is 0 Å². The summed E-state index contributed by atoms with van der Waals surface area (Å²) in [4.78, 5) is 14.0. The van der Waals surface area contributed by atoms with E-state index in [0.717, 1.165) is 19.4 Å². The molecule has 4 heteroatoms. The molecule has 17 heavy (non-hydrogen) atoms. The molecule has 1 saturated carbocycles. The van der Waals surface area contributed by atoms with E-state index in [1.165, 1.54) is 12.8 Å². The van der Waals surface area contributed by atoms with Crippen LogP contribution < -0.4 is 0 Å². The highest BCUT2D eigenvalue weighted by Gasteiger charge is 2.47. The normalized spacial score (nSPS) is 25.3. The van der Waals surface area contributed by atoms with Crippen LogP contribution in [0.2, 0.25) is 0 Å². The largest absolute Gasteiger partial charge is 0.480 e. The summed E-state index contributed by atoms with van der Waals surface area (Å²) < 4.78 is 5.34. The Morgan fingerprint density at radius 3 is 2.41 bits per heavy atom. The third-order valence-corrected chi connectivity index (χ3v) is 4.37. The van der Waals surface area contributed by atoms with E-state index < -0.39 is 11.5 Å². The van der Waals surface area contributed by atoms with Crippen LogP contribution in [0.5, 0.6) is 0 Å². The maximum absolute atomic E-state index is 11.7. The van der Waals surface area contributed by atoms with Crippen molar-refractivity contribution in [3.63, 3.8) is 0 Å². The van der Waals surface area contributed by atoms with Crippen molar-refractivity contribution in [1.29, 1.82) is 0 Å². The summed E-state index contributed by atoms with van der Waals surface area (Å²) in [6.07, 6.45) is 6.06. The van der Waals surface area contributed by atoms with Crippen molar-refractivity contribution in [2.75, 3.05) is 19.8 Å². The van der Waals surface area contributed by atoms with E-state index in [2.05, 4.69) is 11.8 Å². The Balaban J connectivity index is 2.19. The van der Waals surface area contributed by atoms with Crippen molar-refractivity contribution in [2.45, 2.75) is 57.0 Å². The molecule has 0 amide bonds. The number of ether oxygens (including phenoxy) is 1. The van der Waals surface area contributed by atoms with E-state index in [1.54, 1.807) is 0 Å². The lowest BCUT2D eigenvalue weighted by atomic mass is 9.86. The zero-order valence-electron chi connectivity index (χ0n) is 10.7. The molecule has 0 unspecified atom stereocenters. The van der Waals surface area contributed by atoms with Gasteiger partial charge in [0.1, 0.15) is 5.54 Å². The van der Waals surface area contributed by atoms with Gasteiger partial charge in [-0.1, -0.05) is 19.8 Å². The topological polar surface area (TPSA) is 49.8 Å². The fourth-order valence-electron chi connectivity index (χ4n) is 3.46. The molecule has 1 saturated heterocycles. The molecule has 0 aromatic heterocycles. The molecule has 0 aromatic rings. The molecular formula is C13H23NO3. The molecule has 2 aliphatic rings. The van der Waals surface area contributed by atoms with Gasteiger partial charge in [0.15, 0.2) is 0 Å². The number of carbonyl (C=O) groups is 1. The highest BCUT2D eigenvalue weighted by molar-refractivity contribution is 5.79. The van der Waals surface area contributed by atoms with E-state index in [1.807, 2.05) is 0 Å². The SMILES string of the molecule is CCN(C1CCCC1)C1(C(=O)O)CCOCC1. The number of aliphatic carboxylic acids is 1. The van der Waals surface area contributed by atoms with E-state index in [9.17, 15) is 9.90 Å². The van der Waals surface area contributed by atoms with Gasteiger partial charge in [0.25, 0.3) is 0 Å². The Hall–Kier alpha value is -0.610. The predicted molar refractivity (Wildman–Crippen MR) is 65.1 cm³/mol. The molecule has 0 radical (unpaired) electrons. The van der Waals surface area contributed by atoms with Gasteiger partial charge >= 0.3 is 5.97 Å². The quantitative estimate of drug-likeness (QED) is 0.816. The zero-order chi connectivity index (χ0) is 12.3. The van der Waals surface area contributed by atoms with Crippen LogP contribution in [0.1, 0.15) is 45.4 Å². The van der Waals surface area contributed by atoms with Crippen LogP contribution in [-0.4, -0.2) is 47.3 Å². The first-order chi connectivity index (χ1) is 8.20. The Labute approximate surface area is 103 Å². The molecular weight excluding hydrogens is 218 g/mol. The van der Waals surface area contributed by atoms with E-state index in [0.29, 0.717) is 32.1 Å². The average molecular weight is 241 g/mol.